The Hall–Kier alpha value is -3.73. The summed E-state index contributed by atoms with van der Waals surface area (Å²) in [5.41, 5.74) is 7.78. The highest BCUT2D eigenvalue weighted by Crippen LogP contribution is 2.38. The molecule has 0 radical (unpaired) electrons. The van der Waals surface area contributed by atoms with Crippen LogP contribution in [-0.4, -0.2) is 47.9 Å². The Morgan fingerprint density at radius 3 is 2.44 bits per heavy atom. The second-order valence-electron chi connectivity index (χ2n) is 11.3. The largest absolute Gasteiger partial charge is 0.384 e. The molecule has 1 amide bonds. The van der Waals surface area contributed by atoms with E-state index in [1.165, 1.54) is 18.2 Å². The molecule has 0 aliphatic carbocycles. The van der Waals surface area contributed by atoms with Crippen molar-refractivity contribution in [2.45, 2.75) is 58.5 Å². The molecule has 11 heteroatoms. The lowest BCUT2D eigenvalue weighted by Crippen LogP contribution is -2.41. The van der Waals surface area contributed by atoms with Crippen LogP contribution in [0.5, 0.6) is 0 Å². The molecule has 1 aliphatic heterocycles. The maximum absolute atomic E-state index is 13.4. The number of nitrogens with two attached hydrogens (primary N) is 1. The monoisotopic (exact) mass is 551 g/mol. The molecule has 3 aromatic rings. The van der Waals surface area contributed by atoms with E-state index in [0.717, 1.165) is 24.3 Å². The standard InChI is InChI=1S/C28H37N7O3S/c1-17(2)15-30-25-19(4)10-12-21(31-25)22-13-11-20(26(32-22)35-16-18(3)14-28(35,5)6)27(36)34-39(37,38)24-9-7-8-23(29)33-24/h7-13,17-18H,14-16H2,1-6H3,(H2,29,33)(H,30,31)(H,34,36). The lowest BCUT2D eigenvalue weighted by Gasteiger charge is -2.34. The number of hydrogen-bond acceptors (Lipinski definition) is 9. The minimum Gasteiger partial charge on any atom is -0.384 e. The summed E-state index contributed by atoms with van der Waals surface area (Å²) in [6, 6.07) is 11.4. The normalized spacial score (nSPS) is 16.9. The fourth-order valence-electron chi connectivity index (χ4n) is 4.89. The summed E-state index contributed by atoms with van der Waals surface area (Å²) in [7, 11) is -4.25. The Morgan fingerprint density at radius 1 is 1.10 bits per heavy atom. The van der Waals surface area contributed by atoms with Gasteiger partial charge in [-0.3, -0.25) is 4.79 Å². The van der Waals surface area contributed by atoms with Crippen LogP contribution in [-0.2, 0) is 10.0 Å². The van der Waals surface area contributed by atoms with E-state index in [2.05, 4.69) is 54.5 Å². The summed E-state index contributed by atoms with van der Waals surface area (Å²) in [5.74, 6) is 1.26. The summed E-state index contributed by atoms with van der Waals surface area (Å²) in [5, 5.41) is 3.06. The number of rotatable bonds is 8. The molecule has 0 bridgehead atoms. The van der Waals surface area contributed by atoms with Crippen molar-refractivity contribution in [3.63, 3.8) is 0 Å². The summed E-state index contributed by atoms with van der Waals surface area (Å²) in [4.78, 5) is 29.1. The van der Waals surface area contributed by atoms with Gasteiger partial charge in [0.1, 0.15) is 17.5 Å². The fourth-order valence-corrected chi connectivity index (χ4v) is 5.84. The van der Waals surface area contributed by atoms with Crippen LogP contribution >= 0.6 is 0 Å². The lowest BCUT2D eigenvalue weighted by atomic mass is 9.97. The first kappa shape index (κ1) is 28.3. The number of pyridine rings is 3. The number of nitrogen functional groups attached to an aromatic ring is 1. The van der Waals surface area contributed by atoms with Crippen LogP contribution in [0.15, 0.2) is 47.5 Å². The van der Waals surface area contributed by atoms with Crippen LogP contribution in [0, 0.1) is 18.8 Å². The Balaban J connectivity index is 1.76. The van der Waals surface area contributed by atoms with Crippen molar-refractivity contribution in [3.8, 4) is 11.4 Å². The molecule has 0 saturated carbocycles. The van der Waals surface area contributed by atoms with Crippen molar-refractivity contribution in [2.75, 3.05) is 29.0 Å². The van der Waals surface area contributed by atoms with Crippen LogP contribution in [0.25, 0.3) is 11.4 Å². The van der Waals surface area contributed by atoms with Crippen molar-refractivity contribution >= 4 is 33.4 Å². The van der Waals surface area contributed by atoms with Crippen LogP contribution in [0.3, 0.4) is 0 Å². The Bertz CT molecular complexity index is 1490. The van der Waals surface area contributed by atoms with Gasteiger partial charge in [0.25, 0.3) is 15.9 Å². The number of hydrogen-bond donors (Lipinski definition) is 3. The first-order valence-corrected chi connectivity index (χ1v) is 14.6. The second kappa shape index (κ2) is 10.8. The molecular weight excluding hydrogens is 514 g/mol. The topological polar surface area (TPSA) is 143 Å². The molecule has 1 unspecified atom stereocenters. The van der Waals surface area contributed by atoms with Crippen molar-refractivity contribution < 1.29 is 13.2 Å². The van der Waals surface area contributed by atoms with Crippen molar-refractivity contribution in [1.82, 2.24) is 19.7 Å². The van der Waals surface area contributed by atoms with Crippen LogP contribution in [0.4, 0.5) is 17.5 Å². The van der Waals surface area contributed by atoms with E-state index in [4.69, 9.17) is 15.7 Å². The van der Waals surface area contributed by atoms with Crippen molar-refractivity contribution in [1.29, 1.82) is 0 Å². The van der Waals surface area contributed by atoms with Crippen molar-refractivity contribution in [2.24, 2.45) is 11.8 Å². The van der Waals surface area contributed by atoms with E-state index >= 15 is 0 Å². The number of nitrogens with zero attached hydrogens (tertiary/aromatic N) is 4. The minimum absolute atomic E-state index is 0.0395. The fraction of sp³-hybridized carbons (Fsp3) is 0.429. The SMILES string of the molecule is Cc1ccc(-c2ccc(C(=O)NS(=O)(=O)c3cccc(N)n3)c(N3CC(C)CC3(C)C)n2)nc1NCC(C)C. The van der Waals surface area contributed by atoms with Crippen LogP contribution < -0.4 is 20.7 Å². The molecule has 39 heavy (non-hydrogen) atoms. The van der Waals surface area contributed by atoms with Gasteiger partial charge < -0.3 is 16.0 Å². The predicted molar refractivity (Wildman–Crippen MR) is 154 cm³/mol. The molecule has 3 aromatic heterocycles. The van der Waals surface area contributed by atoms with Gasteiger partial charge >= 0.3 is 0 Å². The zero-order chi connectivity index (χ0) is 28.5. The highest BCUT2D eigenvalue weighted by molar-refractivity contribution is 7.90. The Labute approximate surface area is 230 Å². The summed E-state index contributed by atoms with van der Waals surface area (Å²) in [6.07, 6.45) is 0.900. The van der Waals surface area contributed by atoms with E-state index < -0.39 is 15.9 Å². The summed E-state index contributed by atoms with van der Waals surface area (Å²) in [6.45, 7) is 14.1. The minimum atomic E-state index is -4.25. The quantitative estimate of drug-likeness (QED) is 0.374. The molecule has 1 fully saturated rings. The lowest BCUT2D eigenvalue weighted by molar-refractivity contribution is 0.0981. The van der Waals surface area contributed by atoms with E-state index in [1.54, 1.807) is 12.1 Å². The third-order valence-corrected chi connectivity index (χ3v) is 7.97. The van der Waals surface area contributed by atoms with Gasteiger partial charge in [-0.2, -0.15) is 8.42 Å². The van der Waals surface area contributed by atoms with Gasteiger partial charge in [0, 0.05) is 18.6 Å². The zero-order valence-electron chi connectivity index (χ0n) is 23.3. The Morgan fingerprint density at radius 2 is 1.79 bits per heavy atom. The van der Waals surface area contributed by atoms with Crippen molar-refractivity contribution in [3.05, 3.63) is 53.6 Å². The van der Waals surface area contributed by atoms with E-state index in [0.29, 0.717) is 35.6 Å². The van der Waals surface area contributed by atoms with Gasteiger partial charge in [-0.15, -0.1) is 0 Å². The molecule has 208 valence electrons. The maximum Gasteiger partial charge on any atom is 0.281 e. The number of carbonyl (C=O) groups is 1. The number of sulfonamides is 1. The summed E-state index contributed by atoms with van der Waals surface area (Å²) < 4.78 is 28.0. The number of aryl methyl sites for hydroxylation is 1. The van der Waals surface area contributed by atoms with Gasteiger partial charge in [-0.05, 0) is 74.9 Å². The zero-order valence-corrected chi connectivity index (χ0v) is 24.1. The molecule has 1 saturated heterocycles. The number of carbonyl (C=O) groups excluding carboxylic acids is 1. The number of nitrogens with one attached hydrogen (secondary N) is 2. The third kappa shape index (κ3) is 6.30. The van der Waals surface area contributed by atoms with Crippen LogP contribution in [0.2, 0.25) is 0 Å². The van der Waals surface area contributed by atoms with Gasteiger partial charge in [-0.25, -0.2) is 19.7 Å². The molecule has 4 heterocycles. The molecule has 10 nitrogen and oxygen atoms in total. The summed E-state index contributed by atoms with van der Waals surface area (Å²) >= 11 is 0. The highest BCUT2D eigenvalue weighted by Gasteiger charge is 2.39. The first-order chi connectivity index (χ1) is 18.3. The smallest absolute Gasteiger partial charge is 0.281 e. The average Bonchev–Trinajstić information content (AvgIpc) is 3.14. The molecule has 1 atom stereocenters. The molecule has 0 spiro atoms. The van der Waals surface area contributed by atoms with Gasteiger partial charge in [0.15, 0.2) is 5.03 Å². The molecule has 4 rings (SSSR count). The van der Waals surface area contributed by atoms with E-state index in [1.807, 2.05) is 19.1 Å². The molecule has 0 aromatic carbocycles. The number of anilines is 3. The van der Waals surface area contributed by atoms with E-state index in [9.17, 15) is 13.2 Å². The molecule has 1 aliphatic rings. The second-order valence-corrected chi connectivity index (χ2v) is 12.9. The predicted octanol–water partition coefficient (Wildman–Crippen LogP) is 4.24. The molecular formula is C28H37N7O3S. The highest BCUT2D eigenvalue weighted by atomic mass is 32.2. The van der Waals surface area contributed by atoms with Crippen LogP contribution in [0.1, 0.15) is 57.0 Å². The molecule has 4 N–H and O–H groups in total. The third-order valence-electron chi connectivity index (χ3n) is 6.73. The maximum atomic E-state index is 13.4. The average molecular weight is 552 g/mol. The van der Waals surface area contributed by atoms with Gasteiger partial charge in [-0.1, -0.05) is 32.9 Å². The number of aromatic nitrogens is 3. The number of amides is 1. The van der Waals surface area contributed by atoms with Gasteiger partial charge in [0.05, 0.1) is 17.0 Å². The van der Waals surface area contributed by atoms with Gasteiger partial charge in [0.2, 0.25) is 0 Å². The van der Waals surface area contributed by atoms with E-state index in [-0.39, 0.29) is 21.9 Å². The first-order valence-electron chi connectivity index (χ1n) is 13.1. The Kier molecular flexibility index (Phi) is 7.83.